The summed E-state index contributed by atoms with van der Waals surface area (Å²) in [6, 6.07) is 9.38. The van der Waals surface area contributed by atoms with Gasteiger partial charge in [-0.1, -0.05) is 6.07 Å². The molecular weight excluding hydrogens is 269 g/mol. The molecule has 2 aromatic heterocycles. The molecule has 0 atom stereocenters. The molecule has 0 radical (unpaired) electrons. The number of alkyl halides is 3. The average Bonchev–Trinajstić information content (AvgIpc) is 2.80. The number of hydrogen-bond donors (Lipinski definition) is 1. The molecule has 3 aromatic rings. The van der Waals surface area contributed by atoms with Crippen molar-refractivity contribution >= 4 is 16.7 Å². The van der Waals surface area contributed by atoms with Gasteiger partial charge in [0, 0.05) is 17.6 Å². The first kappa shape index (κ1) is 12.5. The molecule has 0 aliphatic heterocycles. The number of nitrogens with two attached hydrogens (primary N) is 1. The summed E-state index contributed by atoms with van der Waals surface area (Å²) in [6.45, 7) is 0. The smallest absolute Gasteiger partial charge is 0.384 e. The number of aromatic nitrogens is 3. The molecule has 0 unspecified atom stereocenters. The van der Waals surface area contributed by atoms with E-state index in [9.17, 15) is 13.2 Å². The number of anilines is 1. The first-order chi connectivity index (χ1) is 9.47. The Morgan fingerprint density at radius 3 is 2.60 bits per heavy atom. The molecule has 2 N–H and O–H groups in total. The number of nitrogens with zero attached hydrogens (tertiary/aromatic N) is 3. The Morgan fingerprint density at radius 2 is 1.90 bits per heavy atom. The van der Waals surface area contributed by atoms with Gasteiger partial charge in [-0.3, -0.25) is 4.98 Å². The SMILES string of the molecule is Nc1cc(C(F)(F)F)nn1-c1cccc2ncccc12. The van der Waals surface area contributed by atoms with Crippen LogP contribution in [0.1, 0.15) is 5.69 Å². The molecule has 0 saturated carbocycles. The van der Waals surface area contributed by atoms with Crippen molar-refractivity contribution in [3.8, 4) is 5.69 Å². The summed E-state index contributed by atoms with van der Waals surface area (Å²) >= 11 is 0. The summed E-state index contributed by atoms with van der Waals surface area (Å²) in [6.07, 6.45) is -2.91. The van der Waals surface area contributed by atoms with E-state index in [0.717, 1.165) is 10.7 Å². The minimum absolute atomic E-state index is 0.0753. The highest BCUT2D eigenvalue weighted by atomic mass is 19.4. The van der Waals surface area contributed by atoms with Crippen molar-refractivity contribution in [2.75, 3.05) is 5.73 Å². The molecule has 0 aliphatic carbocycles. The summed E-state index contributed by atoms with van der Waals surface area (Å²) in [5.41, 5.74) is 5.75. The molecule has 7 heteroatoms. The van der Waals surface area contributed by atoms with Gasteiger partial charge in [0.15, 0.2) is 5.69 Å². The molecule has 0 saturated heterocycles. The number of halogens is 3. The molecule has 0 bridgehead atoms. The molecule has 0 amide bonds. The van der Waals surface area contributed by atoms with Crippen molar-refractivity contribution < 1.29 is 13.2 Å². The van der Waals surface area contributed by atoms with Crippen LogP contribution in [0.2, 0.25) is 0 Å². The molecule has 0 fully saturated rings. The van der Waals surface area contributed by atoms with Crippen LogP contribution in [0.5, 0.6) is 0 Å². The Labute approximate surface area is 111 Å². The first-order valence-electron chi connectivity index (χ1n) is 5.73. The van der Waals surface area contributed by atoms with Crippen molar-refractivity contribution in [3.05, 3.63) is 48.3 Å². The topological polar surface area (TPSA) is 56.7 Å². The quantitative estimate of drug-likeness (QED) is 0.744. The van der Waals surface area contributed by atoms with E-state index in [0.29, 0.717) is 16.6 Å². The Hall–Kier alpha value is -2.57. The van der Waals surface area contributed by atoms with E-state index in [1.165, 1.54) is 0 Å². The number of rotatable bonds is 1. The van der Waals surface area contributed by atoms with Gasteiger partial charge in [-0.2, -0.15) is 18.3 Å². The third kappa shape index (κ3) is 1.97. The molecule has 4 nitrogen and oxygen atoms in total. The highest BCUT2D eigenvalue weighted by molar-refractivity contribution is 5.87. The monoisotopic (exact) mass is 278 g/mol. The van der Waals surface area contributed by atoms with E-state index < -0.39 is 11.9 Å². The van der Waals surface area contributed by atoms with Crippen LogP contribution < -0.4 is 5.73 Å². The summed E-state index contributed by atoms with van der Waals surface area (Å²) in [4.78, 5) is 4.15. The van der Waals surface area contributed by atoms with E-state index in [2.05, 4.69) is 10.1 Å². The minimum atomic E-state index is -4.53. The Bertz CT molecular complexity index is 771. The number of fused-ring (bicyclic) bond motifs is 1. The standard InChI is InChI=1S/C13H9F3N4/c14-13(15,16)11-7-12(17)20(19-11)10-5-1-4-9-8(10)3-2-6-18-9/h1-7H,17H2. The summed E-state index contributed by atoms with van der Waals surface area (Å²) in [5.74, 6) is -0.0753. The van der Waals surface area contributed by atoms with Crippen LogP contribution in [0.3, 0.4) is 0 Å². The van der Waals surface area contributed by atoms with Crippen LogP contribution in [-0.2, 0) is 6.18 Å². The molecule has 3 rings (SSSR count). The Balaban J connectivity index is 2.24. The van der Waals surface area contributed by atoms with E-state index in [1.54, 1.807) is 36.5 Å². The maximum atomic E-state index is 12.7. The van der Waals surface area contributed by atoms with E-state index in [4.69, 9.17) is 5.73 Å². The van der Waals surface area contributed by atoms with Crippen molar-refractivity contribution in [2.24, 2.45) is 0 Å². The predicted molar refractivity (Wildman–Crippen MR) is 68.3 cm³/mol. The zero-order valence-corrected chi connectivity index (χ0v) is 10.1. The number of hydrogen-bond acceptors (Lipinski definition) is 3. The number of nitrogen functional groups attached to an aromatic ring is 1. The maximum Gasteiger partial charge on any atom is 0.435 e. The van der Waals surface area contributed by atoms with Crippen LogP contribution in [0.25, 0.3) is 16.6 Å². The van der Waals surface area contributed by atoms with Crippen LogP contribution in [0.4, 0.5) is 19.0 Å². The highest BCUT2D eigenvalue weighted by Gasteiger charge is 2.34. The fourth-order valence-corrected chi connectivity index (χ4v) is 2.00. The van der Waals surface area contributed by atoms with Gasteiger partial charge in [-0.15, -0.1) is 0 Å². The van der Waals surface area contributed by atoms with Gasteiger partial charge in [-0.05, 0) is 24.3 Å². The second-order valence-electron chi connectivity index (χ2n) is 4.21. The Kier molecular flexibility index (Phi) is 2.63. The van der Waals surface area contributed by atoms with Gasteiger partial charge in [-0.25, -0.2) is 4.68 Å². The predicted octanol–water partition coefficient (Wildman–Crippen LogP) is 3.02. The summed E-state index contributed by atoms with van der Waals surface area (Å²) in [5, 5.41) is 4.22. The second-order valence-corrected chi connectivity index (χ2v) is 4.21. The van der Waals surface area contributed by atoms with Crippen LogP contribution in [-0.4, -0.2) is 14.8 Å². The van der Waals surface area contributed by atoms with Crippen molar-refractivity contribution in [2.45, 2.75) is 6.18 Å². The van der Waals surface area contributed by atoms with Crippen LogP contribution in [0, 0.1) is 0 Å². The van der Waals surface area contributed by atoms with Crippen LogP contribution >= 0.6 is 0 Å². The van der Waals surface area contributed by atoms with Crippen molar-refractivity contribution in [1.29, 1.82) is 0 Å². The fraction of sp³-hybridized carbons (Fsp3) is 0.0769. The van der Waals surface area contributed by atoms with E-state index in [1.807, 2.05) is 0 Å². The van der Waals surface area contributed by atoms with Crippen molar-refractivity contribution in [3.63, 3.8) is 0 Å². The third-order valence-electron chi connectivity index (χ3n) is 2.88. The lowest BCUT2D eigenvalue weighted by Crippen LogP contribution is -2.08. The van der Waals surface area contributed by atoms with Gasteiger partial charge < -0.3 is 5.73 Å². The van der Waals surface area contributed by atoms with Gasteiger partial charge >= 0.3 is 6.18 Å². The molecule has 102 valence electrons. The van der Waals surface area contributed by atoms with E-state index in [-0.39, 0.29) is 5.82 Å². The van der Waals surface area contributed by atoms with Gasteiger partial charge in [0.25, 0.3) is 0 Å². The van der Waals surface area contributed by atoms with Gasteiger partial charge in [0.05, 0.1) is 11.2 Å². The van der Waals surface area contributed by atoms with Crippen molar-refractivity contribution in [1.82, 2.24) is 14.8 Å². The lowest BCUT2D eigenvalue weighted by atomic mass is 10.2. The van der Waals surface area contributed by atoms with E-state index >= 15 is 0 Å². The molecule has 0 aliphatic rings. The lowest BCUT2D eigenvalue weighted by Gasteiger charge is -2.07. The van der Waals surface area contributed by atoms with Crippen LogP contribution in [0.15, 0.2) is 42.6 Å². The summed E-state index contributed by atoms with van der Waals surface area (Å²) < 4.78 is 39.1. The highest BCUT2D eigenvalue weighted by Crippen LogP contribution is 2.31. The third-order valence-corrected chi connectivity index (χ3v) is 2.88. The molecular formula is C13H9F3N4. The minimum Gasteiger partial charge on any atom is -0.384 e. The molecule has 0 spiro atoms. The van der Waals surface area contributed by atoms with Gasteiger partial charge in [0.2, 0.25) is 0 Å². The maximum absolute atomic E-state index is 12.7. The normalized spacial score (nSPS) is 11.9. The lowest BCUT2D eigenvalue weighted by molar-refractivity contribution is -0.141. The Morgan fingerprint density at radius 1 is 1.10 bits per heavy atom. The zero-order valence-electron chi connectivity index (χ0n) is 10.1. The number of pyridine rings is 1. The fourth-order valence-electron chi connectivity index (χ4n) is 2.00. The van der Waals surface area contributed by atoms with Gasteiger partial charge in [0.1, 0.15) is 5.82 Å². The average molecular weight is 278 g/mol. The summed E-state index contributed by atoms with van der Waals surface area (Å²) in [7, 11) is 0. The largest absolute Gasteiger partial charge is 0.435 e. The molecule has 20 heavy (non-hydrogen) atoms. The second kappa shape index (κ2) is 4.22. The molecule has 2 heterocycles. The molecule has 1 aromatic carbocycles. The first-order valence-corrected chi connectivity index (χ1v) is 5.73. The zero-order chi connectivity index (χ0) is 14.3. The number of benzene rings is 1.